The van der Waals surface area contributed by atoms with E-state index in [2.05, 4.69) is 0 Å². The zero-order valence-electron chi connectivity index (χ0n) is 11.3. The lowest BCUT2D eigenvalue weighted by atomic mass is 10.0. The maximum Gasteiger partial charge on any atom is 0.311 e. The first-order valence-electron chi connectivity index (χ1n) is 6.58. The fraction of sp³-hybridized carbons (Fsp3) is 0.500. The summed E-state index contributed by atoms with van der Waals surface area (Å²) in [6.07, 6.45) is 2.35. The zero-order valence-corrected chi connectivity index (χ0v) is 11.3. The lowest BCUT2D eigenvalue weighted by Gasteiger charge is -2.14. The van der Waals surface area contributed by atoms with E-state index in [9.17, 15) is 14.9 Å². The molecule has 1 aromatic carbocycles. The molecule has 0 heterocycles. The van der Waals surface area contributed by atoms with Crippen molar-refractivity contribution >= 4 is 11.7 Å². The van der Waals surface area contributed by atoms with Crippen LogP contribution in [0.1, 0.15) is 31.7 Å². The minimum absolute atomic E-state index is 0.0494. The second-order valence-electron chi connectivity index (χ2n) is 5.27. The molecule has 0 atom stereocenters. The summed E-state index contributed by atoms with van der Waals surface area (Å²) < 4.78 is 5.52. The summed E-state index contributed by atoms with van der Waals surface area (Å²) in [4.78, 5) is 21.3. The molecule has 0 saturated heterocycles. The zero-order chi connectivity index (χ0) is 14.8. The summed E-state index contributed by atoms with van der Waals surface area (Å²) in [6.45, 7) is 2.14. The molecule has 108 valence electrons. The lowest BCUT2D eigenvalue weighted by molar-refractivity contribution is -0.386. The van der Waals surface area contributed by atoms with E-state index in [0.717, 1.165) is 18.4 Å². The number of benzene rings is 1. The molecule has 0 bridgehead atoms. The molecule has 6 nitrogen and oxygen atoms in total. The highest BCUT2D eigenvalue weighted by Crippen LogP contribution is 2.49. The van der Waals surface area contributed by atoms with Crippen molar-refractivity contribution in [3.05, 3.63) is 33.9 Å². The molecule has 20 heavy (non-hydrogen) atoms. The average Bonchev–Trinajstić information content (AvgIpc) is 3.15. The summed E-state index contributed by atoms with van der Waals surface area (Å²) in [5, 5.41) is 19.9. The van der Waals surface area contributed by atoms with Crippen molar-refractivity contribution in [3.63, 3.8) is 0 Å². The maximum atomic E-state index is 11.0. The molecule has 0 aromatic heterocycles. The predicted molar refractivity (Wildman–Crippen MR) is 71.9 cm³/mol. The van der Waals surface area contributed by atoms with Gasteiger partial charge in [-0.05, 0) is 30.9 Å². The standard InChI is InChI=1S/C14H17NO5/c1-2-10-3-4-12(11(7-10)15(18)19)20-9-14(5-6-14)8-13(16)17/h3-4,7H,2,5-6,8-9H2,1H3,(H,16,17). The van der Waals surface area contributed by atoms with Gasteiger partial charge in [-0.1, -0.05) is 13.0 Å². The van der Waals surface area contributed by atoms with Crippen molar-refractivity contribution in [2.24, 2.45) is 5.41 Å². The molecule has 0 spiro atoms. The van der Waals surface area contributed by atoms with E-state index in [4.69, 9.17) is 9.84 Å². The molecule has 1 aliphatic rings. The fourth-order valence-electron chi connectivity index (χ4n) is 2.15. The summed E-state index contributed by atoms with van der Waals surface area (Å²) in [5.74, 6) is -0.647. The van der Waals surface area contributed by atoms with Crippen LogP contribution < -0.4 is 4.74 Å². The Kier molecular flexibility index (Phi) is 3.92. The molecular formula is C14H17NO5. The van der Waals surface area contributed by atoms with Crippen LogP contribution in [0.5, 0.6) is 5.75 Å². The number of ether oxygens (including phenoxy) is 1. The molecule has 1 aromatic rings. The molecule has 2 rings (SSSR count). The van der Waals surface area contributed by atoms with Crippen molar-refractivity contribution in [1.82, 2.24) is 0 Å². The number of nitrogens with zero attached hydrogens (tertiary/aromatic N) is 1. The van der Waals surface area contributed by atoms with Crippen LogP contribution in [0.15, 0.2) is 18.2 Å². The van der Waals surface area contributed by atoms with Gasteiger partial charge in [0.1, 0.15) is 0 Å². The highest BCUT2D eigenvalue weighted by molar-refractivity contribution is 5.68. The van der Waals surface area contributed by atoms with Crippen LogP contribution in [0, 0.1) is 15.5 Å². The fourth-order valence-corrected chi connectivity index (χ4v) is 2.15. The Morgan fingerprint density at radius 1 is 1.50 bits per heavy atom. The van der Waals surface area contributed by atoms with Crippen LogP contribution in [0.3, 0.4) is 0 Å². The smallest absolute Gasteiger partial charge is 0.311 e. The number of carbonyl (C=O) groups is 1. The summed E-state index contributed by atoms with van der Waals surface area (Å²) >= 11 is 0. The van der Waals surface area contributed by atoms with Crippen molar-refractivity contribution in [2.75, 3.05) is 6.61 Å². The highest BCUT2D eigenvalue weighted by Gasteiger charge is 2.45. The quantitative estimate of drug-likeness (QED) is 0.612. The highest BCUT2D eigenvalue weighted by atomic mass is 16.6. The van der Waals surface area contributed by atoms with E-state index < -0.39 is 10.9 Å². The first-order valence-corrected chi connectivity index (χ1v) is 6.58. The summed E-state index contributed by atoms with van der Waals surface area (Å²) in [7, 11) is 0. The lowest BCUT2D eigenvalue weighted by Crippen LogP contribution is -2.17. The van der Waals surface area contributed by atoms with Gasteiger partial charge in [-0.2, -0.15) is 0 Å². The molecule has 0 amide bonds. The Labute approximate surface area is 116 Å². The Bertz CT molecular complexity index is 536. The van der Waals surface area contributed by atoms with Gasteiger partial charge in [-0.15, -0.1) is 0 Å². The number of nitro groups is 1. The van der Waals surface area contributed by atoms with E-state index in [-0.39, 0.29) is 29.9 Å². The first kappa shape index (κ1) is 14.3. The minimum atomic E-state index is -0.859. The first-order chi connectivity index (χ1) is 9.46. The van der Waals surface area contributed by atoms with Gasteiger partial charge in [0.05, 0.1) is 18.0 Å². The van der Waals surface area contributed by atoms with Crippen LogP contribution in [0.2, 0.25) is 0 Å². The van der Waals surface area contributed by atoms with Crippen LogP contribution in [0.4, 0.5) is 5.69 Å². The van der Waals surface area contributed by atoms with Crippen molar-refractivity contribution < 1.29 is 19.6 Å². The molecule has 0 aliphatic heterocycles. The number of carboxylic acids is 1. The Hall–Kier alpha value is -2.11. The number of carboxylic acid groups (broad SMARTS) is 1. The van der Waals surface area contributed by atoms with Crippen LogP contribution >= 0.6 is 0 Å². The van der Waals surface area contributed by atoms with E-state index in [1.54, 1.807) is 12.1 Å². The molecule has 0 radical (unpaired) electrons. The number of nitro benzene ring substituents is 1. The third kappa shape index (κ3) is 3.26. The van der Waals surface area contributed by atoms with Crippen LogP contribution in [-0.4, -0.2) is 22.6 Å². The van der Waals surface area contributed by atoms with Crippen molar-refractivity contribution in [2.45, 2.75) is 32.6 Å². The topological polar surface area (TPSA) is 89.7 Å². The molecule has 6 heteroatoms. The molecule has 0 unspecified atom stereocenters. The number of aliphatic carboxylic acids is 1. The Morgan fingerprint density at radius 3 is 2.70 bits per heavy atom. The summed E-state index contributed by atoms with van der Waals surface area (Å²) in [5.41, 5.74) is 0.467. The van der Waals surface area contributed by atoms with Crippen molar-refractivity contribution in [3.8, 4) is 5.75 Å². The Morgan fingerprint density at radius 2 is 2.20 bits per heavy atom. The van der Waals surface area contributed by atoms with E-state index >= 15 is 0 Å². The van der Waals surface area contributed by atoms with E-state index in [1.807, 2.05) is 6.92 Å². The molecular weight excluding hydrogens is 262 g/mol. The van der Waals surface area contributed by atoms with Gasteiger partial charge in [0.2, 0.25) is 0 Å². The predicted octanol–water partition coefficient (Wildman–Crippen LogP) is 2.79. The van der Waals surface area contributed by atoms with Gasteiger partial charge < -0.3 is 9.84 Å². The van der Waals surface area contributed by atoms with Crippen molar-refractivity contribution in [1.29, 1.82) is 0 Å². The normalized spacial score (nSPS) is 15.7. The SMILES string of the molecule is CCc1ccc(OCC2(CC(=O)O)CC2)c([N+](=O)[O-])c1. The van der Waals surface area contributed by atoms with Crippen LogP contribution in [-0.2, 0) is 11.2 Å². The largest absolute Gasteiger partial charge is 0.486 e. The van der Waals surface area contributed by atoms with Gasteiger partial charge in [0.25, 0.3) is 0 Å². The number of hydrogen-bond donors (Lipinski definition) is 1. The van der Waals surface area contributed by atoms with E-state index in [0.29, 0.717) is 6.42 Å². The van der Waals surface area contributed by atoms with Crippen LogP contribution in [0.25, 0.3) is 0 Å². The van der Waals surface area contributed by atoms with Gasteiger partial charge >= 0.3 is 11.7 Å². The maximum absolute atomic E-state index is 11.0. The monoisotopic (exact) mass is 279 g/mol. The number of rotatable bonds is 7. The number of hydrogen-bond acceptors (Lipinski definition) is 4. The average molecular weight is 279 g/mol. The van der Waals surface area contributed by atoms with Gasteiger partial charge in [0.15, 0.2) is 5.75 Å². The molecule has 1 N–H and O–H groups in total. The minimum Gasteiger partial charge on any atom is -0.486 e. The Balaban J connectivity index is 2.09. The second-order valence-corrected chi connectivity index (χ2v) is 5.27. The molecule has 1 fully saturated rings. The third-order valence-electron chi connectivity index (χ3n) is 3.65. The van der Waals surface area contributed by atoms with Gasteiger partial charge in [0, 0.05) is 11.5 Å². The number of aryl methyl sites for hydroxylation is 1. The van der Waals surface area contributed by atoms with Gasteiger partial charge in [-0.3, -0.25) is 14.9 Å². The third-order valence-corrected chi connectivity index (χ3v) is 3.65. The van der Waals surface area contributed by atoms with Gasteiger partial charge in [-0.25, -0.2) is 0 Å². The van der Waals surface area contributed by atoms with E-state index in [1.165, 1.54) is 6.07 Å². The second kappa shape index (κ2) is 5.48. The molecule has 1 saturated carbocycles. The summed E-state index contributed by atoms with van der Waals surface area (Å²) in [6, 6.07) is 4.89. The molecule has 1 aliphatic carbocycles.